The molecule has 2 fully saturated rings. The Balaban J connectivity index is 1.96. The monoisotopic (exact) mass is 287 g/mol. The zero-order valence-electron chi connectivity index (χ0n) is 12.5. The number of likely N-dealkylation sites (tertiary alicyclic amines) is 1. The second-order valence-corrected chi connectivity index (χ2v) is 6.36. The molecule has 2 aliphatic rings. The molecule has 4 nitrogen and oxygen atoms in total. The minimum absolute atomic E-state index is 0.118. The van der Waals surface area contributed by atoms with Crippen LogP contribution < -0.4 is 0 Å². The third-order valence-electron chi connectivity index (χ3n) is 5.10. The Morgan fingerprint density at radius 1 is 1.19 bits per heavy atom. The van der Waals surface area contributed by atoms with Crippen LogP contribution in [0.3, 0.4) is 0 Å². The van der Waals surface area contributed by atoms with Crippen LogP contribution in [0.5, 0.6) is 0 Å². The third kappa shape index (κ3) is 2.23. The lowest BCUT2D eigenvalue weighted by Gasteiger charge is -2.25. The van der Waals surface area contributed by atoms with Gasteiger partial charge < -0.3 is 10.0 Å². The maximum absolute atomic E-state index is 12.9. The topological polar surface area (TPSA) is 57.6 Å². The number of fused-ring (bicyclic) bond motifs is 1. The maximum Gasteiger partial charge on any atom is 0.326 e. The van der Waals surface area contributed by atoms with E-state index in [1.807, 2.05) is 32.0 Å². The summed E-state index contributed by atoms with van der Waals surface area (Å²) in [5.41, 5.74) is 2.51. The zero-order chi connectivity index (χ0) is 15.1. The molecule has 0 spiro atoms. The molecule has 3 unspecified atom stereocenters. The summed E-state index contributed by atoms with van der Waals surface area (Å²) in [6.45, 7) is 4.41. The van der Waals surface area contributed by atoms with Crippen LogP contribution in [0.1, 0.15) is 40.7 Å². The summed E-state index contributed by atoms with van der Waals surface area (Å²) in [4.78, 5) is 26.2. The number of aryl methyl sites for hydroxylation is 2. The van der Waals surface area contributed by atoms with Gasteiger partial charge in [-0.15, -0.1) is 0 Å². The molecule has 21 heavy (non-hydrogen) atoms. The number of amides is 1. The fraction of sp³-hybridized carbons (Fsp3) is 0.529. The van der Waals surface area contributed by atoms with Crippen molar-refractivity contribution in [2.75, 3.05) is 6.54 Å². The van der Waals surface area contributed by atoms with Crippen LogP contribution in [-0.2, 0) is 4.79 Å². The summed E-state index contributed by atoms with van der Waals surface area (Å²) < 4.78 is 0. The SMILES string of the molecule is Cc1cccc(C)c1C(=O)N1CC2CCCC2C1C(=O)O. The molecule has 0 radical (unpaired) electrons. The number of rotatable bonds is 2. The Morgan fingerprint density at radius 3 is 2.48 bits per heavy atom. The number of carboxylic acid groups (broad SMARTS) is 1. The Kier molecular flexibility index (Phi) is 3.47. The third-order valence-corrected chi connectivity index (χ3v) is 5.10. The van der Waals surface area contributed by atoms with Crippen LogP contribution >= 0.6 is 0 Å². The fourth-order valence-electron chi connectivity index (χ4n) is 4.13. The van der Waals surface area contributed by atoms with Gasteiger partial charge in [0.05, 0.1) is 0 Å². The highest BCUT2D eigenvalue weighted by Gasteiger charge is 2.49. The van der Waals surface area contributed by atoms with Gasteiger partial charge in [0.1, 0.15) is 6.04 Å². The summed E-state index contributed by atoms with van der Waals surface area (Å²) in [7, 11) is 0. The van der Waals surface area contributed by atoms with Crippen LogP contribution in [0.25, 0.3) is 0 Å². The van der Waals surface area contributed by atoms with E-state index in [4.69, 9.17) is 0 Å². The van der Waals surface area contributed by atoms with E-state index in [9.17, 15) is 14.7 Å². The van der Waals surface area contributed by atoms with Gasteiger partial charge in [-0.05, 0) is 49.7 Å². The minimum Gasteiger partial charge on any atom is -0.480 e. The van der Waals surface area contributed by atoms with Crippen molar-refractivity contribution in [1.82, 2.24) is 4.90 Å². The molecule has 1 aliphatic carbocycles. The first-order chi connectivity index (χ1) is 10.0. The summed E-state index contributed by atoms with van der Waals surface area (Å²) >= 11 is 0. The van der Waals surface area contributed by atoms with E-state index in [0.29, 0.717) is 18.0 Å². The van der Waals surface area contributed by atoms with Crippen molar-refractivity contribution < 1.29 is 14.7 Å². The maximum atomic E-state index is 12.9. The van der Waals surface area contributed by atoms with Gasteiger partial charge in [0.15, 0.2) is 0 Å². The lowest BCUT2D eigenvalue weighted by Crippen LogP contribution is -2.43. The smallest absolute Gasteiger partial charge is 0.326 e. The Hall–Kier alpha value is -1.84. The molecule has 1 amide bonds. The minimum atomic E-state index is -0.857. The van der Waals surface area contributed by atoms with E-state index in [0.717, 1.165) is 30.4 Å². The van der Waals surface area contributed by atoms with E-state index >= 15 is 0 Å². The normalized spacial score (nSPS) is 27.7. The number of hydrogen-bond acceptors (Lipinski definition) is 2. The Bertz CT molecular complexity index is 575. The van der Waals surface area contributed by atoms with Crippen molar-refractivity contribution in [1.29, 1.82) is 0 Å². The van der Waals surface area contributed by atoms with Crippen LogP contribution in [0.15, 0.2) is 18.2 Å². The van der Waals surface area contributed by atoms with Gasteiger partial charge >= 0.3 is 5.97 Å². The van der Waals surface area contributed by atoms with Crippen molar-refractivity contribution >= 4 is 11.9 Å². The lowest BCUT2D eigenvalue weighted by atomic mass is 9.94. The molecule has 1 aromatic rings. The molecule has 1 aliphatic heterocycles. The molecule has 0 aromatic heterocycles. The molecule has 1 saturated heterocycles. The first-order valence-electron chi connectivity index (χ1n) is 7.60. The van der Waals surface area contributed by atoms with Gasteiger partial charge in [-0.25, -0.2) is 4.79 Å². The fourth-order valence-corrected chi connectivity index (χ4v) is 4.13. The second-order valence-electron chi connectivity index (χ2n) is 6.36. The van der Waals surface area contributed by atoms with E-state index in [-0.39, 0.29) is 11.8 Å². The standard InChI is InChI=1S/C17H21NO3/c1-10-5-3-6-11(2)14(10)16(19)18-9-12-7-4-8-13(12)15(18)17(20)21/h3,5-6,12-13,15H,4,7-9H2,1-2H3,(H,20,21). The molecule has 1 aromatic carbocycles. The van der Waals surface area contributed by atoms with Gasteiger partial charge in [0.2, 0.25) is 0 Å². The highest BCUT2D eigenvalue weighted by atomic mass is 16.4. The zero-order valence-corrected chi connectivity index (χ0v) is 12.5. The molecular weight excluding hydrogens is 266 g/mol. The highest BCUT2D eigenvalue weighted by molar-refractivity contribution is 5.99. The van der Waals surface area contributed by atoms with E-state index < -0.39 is 12.0 Å². The van der Waals surface area contributed by atoms with Crippen molar-refractivity contribution in [2.45, 2.75) is 39.2 Å². The first kappa shape index (κ1) is 14.1. The van der Waals surface area contributed by atoms with Crippen LogP contribution in [-0.4, -0.2) is 34.5 Å². The van der Waals surface area contributed by atoms with Crippen molar-refractivity contribution in [3.8, 4) is 0 Å². The molecule has 3 atom stereocenters. The predicted octanol–water partition coefficient (Wildman–Crippen LogP) is 2.63. The number of nitrogens with zero attached hydrogens (tertiary/aromatic N) is 1. The van der Waals surface area contributed by atoms with Crippen LogP contribution in [0, 0.1) is 25.7 Å². The average Bonchev–Trinajstić information content (AvgIpc) is 2.97. The van der Waals surface area contributed by atoms with E-state index in [1.54, 1.807) is 4.90 Å². The van der Waals surface area contributed by atoms with Crippen molar-refractivity contribution in [2.24, 2.45) is 11.8 Å². The van der Waals surface area contributed by atoms with Gasteiger partial charge in [-0.3, -0.25) is 4.79 Å². The van der Waals surface area contributed by atoms with Gasteiger partial charge in [0, 0.05) is 12.1 Å². The van der Waals surface area contributed by atoms with Crippen LogP contribution in [0.4, 0.5) is 0 Å². The number of carbonyl (C=O) groups is 2. The average molecular weight is 287 g/mol. The van der Waals surface area contributed by atoms with Crippen molar-refractivity contribution in [3.63, 3.8) is 0 Å². The van der Waals surface area contributed by atoms with Crippen molar-refractivity contribution in [3.05, 3.63) is 34.9 Å². The van der Waals surface area contributed by atoms with E-state index in [2.05, 4.69) is 0 Å². The summed E-state index contributed by atoms with van der Waals surface area (Å²) in [6, 6.07) is 5.10. The summed E-state index contributed by atoms with van der Waals surface area (Å²) in [5, 5.41) is 9.57. The van der Waals surface area contributed by atoms with Crippen LogP contribution in [0.2, 0.25) is 0 Å². The Labute approximate surface area is 124 Å². The molecule has 4 heteroatoms. The number of hydrogen-bond donors (Lipinski definition) is 1. The molecule has 1 saturated carbocycles. The largest absolute Gasteiger partial charge is 0.480 e. The summed E-state index contributed by atoms with van der Waals surface area (Å²) in [6.07, 6.45) is 3.06. The quantitative estimate of drug-likeness (QED) is 0.909. The van der Waals surface area contributed by atoms with Gasteiger partial charge in [0.25, 0.3) is 5.91 Å². The molecule has 0 bridgehead atoms. The molecular formula is C17H21NO3. The number of carbonyl (C=O) groups excluding carboxylic acids is 1. The molecule has 3 rings (SSSR count). The van der Waals surface area contributed by atoms with Gasteiger partial charge in [-0.2, -0.15) is 0 Å². The van der Waals surface area contributed by atoms with Gasteiger partial charge in [-0.1, -0.05) is 24.6 Å². The number of carboxylic acids is 1. The predicted molar refractivity (Wildman–Crippen MR) is 79.2 cm³/mol. The lowest BCUT2D eigenvalue weighted by molar-refractivity contribution is -0.142. The second kappa shape index (κ2) is 5.17. The Morgan fingerprint density at radius 2 is 1.86 bits per heavy atom. The highest BCUT2D eigenvalue weighted by Crippen LogP contribution is 2.43. The number of benzene rings is 1. The number of aliphatic carboxylic acids is 1. The molecule has 1 heterocycles. The molecule has 112 valence electrons. The molecule has 1 N–H and O–H groups in total. The van der Waals surface area contributed by atoms with E-state index in [1.165, 1.54) is 0 Å². The first-order valence-corrected chi connectivity index (χ1v) is 7.60. The summed E-state index contributed by atoms with van der Waals surface area (Å²) in [5.74, 6) is -0.480.